The summed E-state index contributed by atoms with van der Waals surface area (Å²) < 4.78 is 0. The van der Waals surface area contributed by atoms with Crippen LogP contribution in [0.4, 0.5) is 0 Å². The molecule has 1 aliphatic heterocycles. The van der Waals surface area contributed by atoms with Crippen LogP contribution in [0.3, 0.4) is 0 Å². The van der Waals surface area contributed by atoms with Gasteiger partial charge in [0.05, 0.1) is 0 Å². The molecule has 1 heterocycles. The van der Waals surface area contributed by atoms with E-state index in [9.17, 15) is 4.79 Å². The molecule has 0 radical (unpaired) electrons. The van der Waals surface area contributed by atoms with Gasteiger partial charge in [-0.2, -0.15) is 10.2 Å². The first-order valence-corrected chi connectivity index (χ1v) is 8.39. The van der Waals surface area contributed by atoms with Gasteiger partial charge >= 0.3 is 0 Å². The van der Waals surface area contributed by atoms with Crippen molar-refractivity contribution in [2.45, 2.75) is 44.2 Å². The Balaban J connectivity index is 1.30. The number of carbonyl (C=O) groups excluding carboxylic acids is 1. The van der Waals surface area contributed by atoms with E-state index in [0.717, 1.165) is 19.3 Å². The smallest absolute Gasteiger partial charge is 0.220 e. The predicted octanol–water partition coefficient (Wildman–Crippen LogP) is 3.34. The Hall–Kier alpha value is -2.15. The third-order valence-corrected chi connectivity index (χ3v) is 4.76. The predicted molar refractivity (Wildman–Crippen MR) is 89.6 cm³/mol. The van der Waals surface area contributed by atoms with Crippen molar-refractivity contribution < 1.29 is 4.79 Å². The number of terminal acetylenes is 1. The summed E-state index contributed by atoms with van der Waals surface area (Å²) in [5.74, 6) is 3.97. The monoisotopic (exact) mass is 309 g/mol. The topological polar surface area (TPSA) is 53.8 Å². The summed E-state index contributed by atoms with van der Waals surface area (Å²) in [4.78, 5) is 12.0. The van der Waals surface area contributed by atoms with E-state index >= 15 is 0 Å². The van der Waals surface area contributed by atoms with Gasteiger partial charge in [-0.3, -0.25) is 4.79 Å². The number of hydrogen-bond donors (Lipinski definition) is 1. The second-order valence-electron chi connectivity index (χ2n) is 6.64. The molecular weight excluding hydrogens is 286 g/mol. The summed E-state index contributed by atoms with van der Waals surface area (Å²) in [5, 5.41) is 11.2. The van der Waals surface area contributed by atoms with E-state index in [1.54, 1.807) is 0 Å². The van der Waals surface area contributed by atoms with Crippen molar-refractivity contribution in [1.29, 1.82) is 0 Å². The molecule has 1 fully saturated rings. The maximum absolute atomic E-state index is 12.0. The van der Waals surface area contributed by atoms with E-state index in [2.05, 4.69) is 45.7 Å². The molecule has 120 valence electrons. The van der Waals surface area contributed by atoms with Crippen LogP contribution in [0.15, 0.2) is 40.6 Å². The Morgan fingerprint density at radius 1 is 1.26 bits per heavy atom. The van der Waals surface area contributed by atoms with Gasteiger partial charge in [-0.25, -0.2) is 0 Å². The number of hydrogen-bond acceptors (Lipinski definition) is 3. The molecule has 1 N–H and O–H groups in total. The van der Waals surface area contributed by atoms with Gasteiger partial charge in [0.15, 0.2) is 5.66 Å². The van der Waals surface area contributed by atoms with E-state index in [0.29, 0.717) is 31.2 Å². The summed E-state index contributed by atoms with van der Waals surface area (Å²) in [5.41, 5.74) is 1.07. The Kier molecular flexibility index (Phi) is 4.76. The van der Waals surface area contributed by atoms with Crippen molar-refractivity contribution in [2.75, 3.05) is 6.54 Å². The molecule has 23 heavy (non-hydrogen) atoms. The third-order valence-electron chi connectivity index (χ3n) is 4.76. The molecule has 0 aromatic heterocycles. The van der Waals surface area contributed by atoms with Crippen LogP contribution in [0.25, 0.3) is 0 Å². The maximum atomic E-state index is 12.0. The first-order valence-electron chi connectivity index (χ1n) is 8.39. The van der Waals surface area contributed by atoms with Crippen LogP contribution >= 0.6 is 0 Å². The van der Waals surface area contributed by atoms with Crippen LogP contribution in [0.2, 0.25) is 0 Å². The molecule has 1 amide bonds. The van der Waals surface area contributed by atoms with Crippen LogP contribution in [-0.4, -0.2) is 18.1 Å². The standard InChI is InChI=1S/C19H23N3O/c1-2-3-9-19(21-22-19)10-11-20-18(23)14-17-13-16(17)12-15-7-5-4-6-8-15/h1,4-8,16-17H,3,9-14H2,(H,20,23)/t16-,17+/m1/s1. The fourth-order valence-corrected chi connectivity index (χ4v) is 3.11. The zero-order chi connectivity index (χ0) is 16.1. The third kappa shape index (κ3) is 4.66. The van der Waals surface area contributed by atoms with Crippen LogP contribution in [0.1, 0.15) is 37.7 Å². The van der Waals surface area contributed by atoms with Crippen molar-refractivity contribution >= 4 is 5.91 Å². The fraction of sp³-hybridized carbons (Fsp3) is 0.526. The van der Waals surface area contributed by atoms with Gasteiger partial charge < -0.3 is 5.32 Å². The molecule has 4 nitrogen and oxygen atoms in total. The molecule has 1 saturated carbocycles. The molecule has 1 aliphatic carbocycles. The van der Waals surface area contributed by atoms with Gasteiger partial charge in [0.25, 0.3) is 0 Å². The summed E-state index contributed by atoms with van der Waals surface area (Å²) >= 11 is 0. The highest BCUT2D eigenvalue weighted by molar-refractivity contribution is 5.76. The SMILES string of the molecule is C#CCCC1(CCNC(=O)C[C@@H]2C[C@H]2Cc2ccccc2)N=N1. The van der Waals surface area contributed by atoms with E-state index < -0.39 is 0 Å². The lowest BCUT2D eigenvalue weighted by atomic mass is 10.0. The summed E-state index contributed by atoms with van der Waals surface area (Å²) in [6, 6.07) is 10.5. The average molecular weight is 309 g/mol. The van der Waals surface area contributed by atoms with Crippen molar-refractivity contribution in [3.8, 4) is 12.3 Å². The number of benzene rings is 1. The molecule has 1 aromatic rings. The summed E-state index contributed by atoms with van der Waals surface area (Å²) in [7, 11) is 0. The molecule has 0 unspecified atom stereocenters. The van der Waals surface area contributed by atoms with Gasteiger partial charge in [-0.05, 0) is 30.2 Å². The average Bonchev–Trinajstić information content (AvgIpc) is 3.46. The minimum atomic E-state index is -0.297. The molecule has 2 atom stereocenters. The highest BCUT2D eigenvalue weighted by atomic mass is 16.1. The van der Waals surface area contributed by atoms with E-state index in [4.69, 9.17) is 6.42 Å². The molecular formula is C19H23N3O. The van der Waals surface area contributed by atoms with Crippen molar-refractivity contribution in [1.82, 2.24) is 5.32 Å². The van der Waals surface area contributed by atoms with E-state index in [1.165, 1.54) is 12.0 Å². The maximum Gasteiger partial charge on any atom is 0.220 e. The Bertz CT molecular complexity index is 611. The molecule has 3 rings (SSSR count). The molecule has 4 heteroatoms. The minimum Gasteiger partial charge on any atom is -0.356 e. The van der Waals surface area contributed by atoms with Crippen molar-refractivity contribution in [2.24, 2.45) is 22.1 Å². The van der Waals surface area contributed by atoms with Gasteiger partial charge in [-0.15, -0.1) is 12.3 Å². The zero-order valence-electron chi connectivity index (χ0n) is 13.4. The second-order valence-corrected chi connectivity index (χ2v) is 6.64. The van der Waals surface area contributed by atoms with Crippen LogP contribution in [0.5, 0.6) is 0 Å². The number of amides is 1. The molecule has 2 aliphatic rings. The lowest BCUT2D eigenvalue weighted by molar-refractivity contribution is -0.121. The van der Waals surface area contributed by atoms with Crippen LogP contribution in [-0.2, 0) is 11.2 Å². The van der Waals surface area contributed by atoms with Gasteiger partial charge in [0.1, 0.15) is 0 Å². The Morgan fingerprint density at radius 2 is 2.04 bits per heavy atom. The van der Waals surface area contributed by atoms with Crippen molar-refractivity contribution in [3.05, 3.63) is 35.9 Å². The molecule has 0 bridgehead atoms. The molecule has 0 spiro atoms. The quantitative estimate of drug-likeness (QED) is 0.699. The lowest BCUT2D eigenvalue weighted by Gasteiger charge is -2.09. The Labute approximate surface area is 137 Å². The fourth-order valence-electron chi connectivity index (χ4n) is 3.11. The van der Waals surface area contributed by atoms with Gasteiger partial charge in [0, 0.05) is 32.2 Å². The lowest BCUT2D eigenvalue weighted by Crippen LogP contribution is -2.28. The summed E-state index contributed by atoms with van der Waals surface area (Å²) in [6.07, 6.45) is 10.4. The normalized spacial score (nSPS) is 23.1. The first kappa shape index (κ1) is 15.7. The second kappa shape index (κ2) is 6.95. The van der Waals surface area contributed by atoms with E-state index in [-0.39, 0.29) is 11.6 Å². The highest BCUT2D eigenvalue weighted by Crippen LogP contribution is 2.43. The number of rotatable bonds is 9. The summed E-state index contributed by atoms with van der Waals surface area (Å²) in [6.45, 7) is 0.631. The highest BCUT2D eigenvalue weighted by Gasteiger charge is 2.40. The van der Waals surface area contributed by atoms with Gasteiger partial charge in [0.2, 0.25) is 5.91 Å². The Morgan fingerprint density at radius 3 is 2.74 bits per heavy atom. The zero-order valence-corrected chi connectivity index (χ0v) is 13.4. The minimum absolute atomic E-state index is 0.151. The number of nitrogens with one attached hydrogen (secondary N) is 1. The molecule has 0 saturated heterocycles. The van der Waals surface area contributed by atoms with Crippen LogP contribution < -0.4 is 5.32 Å². The number of carbonyl (C=O) groups is 1. The van der Waals surface area contributed by atoms with Gasteiger partial charge in [-0.1, -0.05) is 30.3 Å². The van der Waals surface area contributed by atoms with E-state index in [1.807, 2.05) is 6.07 Å². The van der Waals surface area contributed by atoms with Crippen molar-refractivity contribution in [3.63, 3.8) is 0 Å². The first-order chi connectivity index (χ1) is 11.2. The van der Waals surface area contributed by atoms with Crippen LogP contribution in [0, 0.1) is 24.2 Å². The largest absolute Gasteiger partial charge is 0.356 e. The molecule has 1 aromatic carbocycles. The number of nitrogens with zero attached hydrogens (tertiary/aromatic N) is 2.